The van der Waals surface area contributed by atoms with E-state index in [1.165, 1.54) is 44.0 Å². The second-order valence-electron chi connectivity index (χ2n) is 7.75. The van der Waals surface area contributed by atoms with Gasteiger partial charge in [0.05, 0.1) is 4.91 Å². The van der Waals surface area contributed by atoms with Crippen molar-refractivity contribution in [3.05, 3.63) is 47.3 Å². The predicted molar refractivity (Wildman–Crippen MR) is 117 cm³/mol. The molecule has 2 aromatic rings. The van der Waals surface area contributed by atoms with Gasteiger partial charge in [-0.3, -0.25) is 0 Å². The first-order valence-electron chi connectivity index (χ1n) is 10.2. The number of hydrogen-bond acceptors (Lipinski definition) is 7. The van der Waals surface area contributed by atoms with Crippen molar-refractivity contribution in [3.63, 3.8) is 0 Å². The number of aromatic nitrogens is 4. The van der Waals surface area contributed by atoms with Gasteiger partial charge in [0.25, 0.3) is 5.78 Å². The first-order valence-corrected chi connectivity index (χ1v) is 11.6. The Kier molecular flexibility index (Phi) is 5.87. The van der Waals surface area contributed by atoms with E-state index in [0.29, 0.717) is 29.0 Å². The highest BCUT2D eigenvalue weighted by molar-refractivity contribution is 7.93. The summed E-state index contributed by atoms with van der Waals surface area (Å²) in [7, 11) is -0.376. The third kappa shape index (κ3) is 4.39. The molecule has 1 fully saturated rings. The maximum Gasteiger partial charge on any atom is 0.256 e. The van der Waals surface area contributed by atoms with E-state index in [4.69, 9.17) is 0 Å². The van der Waals surface area contributed by atoms with Crippen LogP contribution in [0.25, 0.3) is 5.78 Å². The highest BCUT2D eigenvalue weighted by Gasteiger charge is 2.20. The molecule has 0 atom stereocenters. The molecule has 0 aromatic carbocycles. The van der Waals surface area contributed by atoms with Gasteiger partial charge in [0.15, 0.2) is 0 Å². The van der Waals surface area contributed by atoms with E-state index in [1.54, 1.807) is 16.7 Å². The molecular formula is C20H27N7O2S. The average molecular weight is 430 g/mol. The fourth-order valence-electron chi connectivity index (χ4n) is 3.70. The van der Waals surface area contributed by atoms with Crippen LogP contribution < -0.4 is 10.6 Å². The van der Waals surface area contributed by atoms with Crippen LogP contribution in [0.5, 0.6) is 0 Å². The Bertz CT molecular complexity index is 1110. The quantitative estimate of drug-likeness (QED) is 0.727. The smallest absolute Gasteiger partial charge is 0.256 e. The Hall–Kier alpha value is -2.72. The van der Waals surface area contributed by atoms with Crippen LogP contribution in [-0.2, 0) is 10.0 Å². The second-order valence-corrected chi connectivity index (χ2v) is 9.96. The van der Waals surface area contributed by atoms with Crippen molar-refractivity contribution >= 4 is 27.4 Å². The average Bonchev–Trinajstić information content (AvgIpc) is 3.07. The topological polar surface area (TPSA) is 105 Å². The number of sulfonamides is 1. The molecule has 2 N–H and O–H groups in total. The molecule has 160 valence electrons. The zero-order chi connectivity index (χ0) is 21.1. The Balaban J connectivity index is 1.60. The van der Waals surface area contributed by atoms with E-state index in [-0.39, 0.29) is 0 Å². The molecule has 2 aliphatic carbocycles. The molecule has 2 aromatic heterocycles. The minimum atomic E-state index is -3.45. The van der Waals surface area contributed by atoms with Gasteiger partial charge in [-0.25, -0.2) is 12.7 Å². The van der Waals surface area contributed by atoms with Gasteiger partial charge in [-0.1, -0.05) is 25.3 Å². The zero-order valence-electron chi connectivity index (χ0n) is 17.2. The lowest BCUT2D eigenvalue weighted by molar-refractivity contribution is 0.462. The standard InChI is InChI=1S/C20H27N7O2S/c1-26(2)30(28,29)17-10-6-9-16(11-12-17)24-19-13-18(23-15-7-4-3-5-8-15)25-20-21-14-22-27(19)20/h6,9,11-15,24H,3-5,7-8,10H2,1-2H3,(H,21,22,23,25). The van der Waals surface area contributed by atoms with Gasteiger partial charge < -0.3 is 10.6 Å². The molecule has 0 aliphatic heterocycles. The normalized spacial score (nSPS) is 18.2. The molecule has 0 amide bonds. The fourth-order valence-corrected chi connectivity index (χ4v) is 4.71. The number of hydrogen-bond donors (Lipinski definition) is 2. The molecule has 10 heteroatoms. The molecular weight excluding hydrogens is 402 g/mol. The highest BCUT2D eigenvalue weighted by atomic mass is 32.2. The van der Waals surface area contributed by atoms with Crippen LogP contribution in [0.2, 0.25) is 0 Å². The minimum absolute atomic E-state index is 0.339. The van der Waals surface area contributed by atoms with Crippen molar-refractivity contribution in [1.29, 1.82) is 0 Å². The number of rotatable bonds is 6. The molecule has 4 rings (SSSR count). The minimum Gasteiger partial charge on any atom is -0.367 e. The summed E-state index contributed by atoms with van der Waals surface area (Å²) in [6, 6.07) is 2.33. The van der Waals surface area contributed by atoms with Crippen molar-refractivity contribution in [1.82, 2.24) is 23.9 Å². The summed E-state index contributed by atoms with van der Waals surface area (Å²) in [4.78, 5) is 9.15. The molecule has 0 spiro atoms. The lowest BCUT2D eigenvalue weighted by Crippen LogP contribution is -2.23. The van der Waals surface area contributed by atoms with Crippen molar-refractivity contribution in [2.24, 2.45) is 0 Å². The lowest BCUT2D eigenvalue weighted by Gasteiger charge is -2.23. The molecule has 0 radical (unpaired) electrons. The van der Waals surface area contributed by atoms with E-state index >= 15 is 0 Å². The molecule has 2 aliphatic rings. The van der Waals surface area contributed by atoms with Crippen LogP contribution >= 0.6 is 0 Å². The summed E-state index contributed by atoms with van der Waals surface area (Å²) in [5, 5.41) is 11.1. The maximum absolute atomic E-state index is 12.4. The number of nitrogens with zero attached hydrogens (tertiary/aromatic N) is 5. The molecule has 1 saturated carbocycles. The largest absolute Gasteiger partial charge is 0.367 e. The van der Waals surface area contributed by atoms with Gasteiger partial charge in [0.2, 0.25) is 10.0 Å². The van der Waals surface area contributed by atoms with E-state index in [2.05, 4.69) is 25.7 Å². The highest BCUT2D eigenvalue weighted by Crippen LogP contribution is 2.24. The van der Waals surface area contributed by atoms with Gasteiger partial charge in [0.1, 0.15) is 18.0 Å². The fraction of sp³-hybridized carbons (Fsp3) is 0.450. The van der Waals surface area contributed by atoms with Crippen LogP contribution in [0.15, 0.2) is 47.3 Å². The third-order valence-corrected chi connectivity index (χ3v) is 7.29. The summed E-state index contributed by atoms with van der Waals surface area (Å²) >= 11 is 0. The third-order valence-electron chi connectivity index (χ3n) is 5.36. The van der Waals surface area contributed by atoms with Crippen molar-refractivity contribution in [2.45, 2.75) is 44.6 Å². The summed E-state index contributed by atoms with van der Waals surface area (Å²) in [5.41, 5.74) is 0.755. The Morgan fingerprint density at radius 3 is 2.73 bits per heavy atom. The number of allylic oxidation sites excluding steroid dienone is 5. The summed E-state index contributed by atoms with van der Waals surface area (Å²) in [5.74, 6) is 1.97. The van der Waals surface area contributed by atoms with Crippen molar-refractivity contribution in [2.75, 3.05) is 24.7 Å². The van der Waals surface area contributed by atoms with Gasteiger partial charge >= 0.3 is 0 Å². The lowest BCUT2D eigenvalue weighted by atomic mass is 9.95. The van der Waals surface area contributed by atoms with E-state index in [0.717, 1.165) is 24.4 Å². The van der Waals surface area contributed by atoms with Gasteiger partial charge in [-0.2, -0.15) is 19.6 Å². The first-order chi connectivity index (χ1) is 14.4. The van der Waals surface area contributed by atoms with E-state index in [9.17, 15) is 8.42 Å². The Morgan fingerprint density at radius 1 is 1.17 bits per heavy atom. The second kappa shape index (κ2) is 8.57. The predicted octanol–water partition coefficient (Wildman–Crippen LogP) is 2.90. The molecule has 0 bridgehead atoms. The van der Waals surface area contributed by atoms with Gasteiger partial charge in [-0.05, 0) is 31.1 Å². The first kappa shape index (κ1) is 20.5. The van der Waals surface area contributed by atoms with Crippen molar-refractivity contribution < 1.29 is 8.42 Å². The Labute approximate surface area is 176 Å². The van der Waals surface area contributed by atoms with Crippen LogP contribution in [0.3, 0.4) is 0 Å². The van der Waals surface area contributed by atoms with E-state index < -0.39 is 10.0 Å². The number of fused-ring (bicyclic) bond motifs is 1. The van der Waals surface area contributed by atoms with Crippen LogP contribution in [0, 0.1) is 0 Å². The van der Waals surface area contributed by atoms with Crippen molar-refractivity contribution in [3.8, 4) is 0 Å². The SMILES string of the molecule is CN(C)S(=O)(=O)C1=CC=C(Nc2cc(NC3CCCCC3)nc3ncnn23)C=CC1. The number of nitrogens with one attached hydrogen (secondary N) is 2. The van der Waals surface area contributed by atoms with E-state index in [1.807, 2.05) is 18.2 Å². The summed E-state index contributed by atoms with van der Waals surface area (Å²) < 4.78 is 27.7. The van der Waals surface area contributed by atoms with Crippen LogP contribution in [0.4, 0.5) is 11.6 Å². The zero-order valence-corrected chi connectivity index (χ0v) is 18.1. The van der Waals surface area contributed by atoms with Gasteiger partial charge in [-0.15, -0.1) is 0 Å². The summed E-state index contributed by atoms with van der Waals surface area (Å²) in [6.07, 6.45) is 15.0. The number of anilines is 2. The molecule has 2 heterocycles. The Morgan fingerprint density at radius 2 is 1.97 bits per heavy atom. The monoisotopic (exact) mass is 429 g/mol. The molecule has 0 unspecified atom stereocenters. The molecule has 0 saturated heterocycles. The molecule has 30 heavy (non-hydrogen) atoms. The van der Waals surface area contributed by atoms with Crippen LogP contribution in [-0.4, -0.2) is 52.4 Å². The van der Waals surface area contributed by atoms with Gasteiger partial charge in [0, 0.05) is 38.3 Å². The summed E-state index contributed by atoms with van der Waals surface area (Å²) in [6.45, 7) is 0. The van der Waals surface area contributed by atoms with Crippen LogP contribution in [0.1, 0.15) is 38.5 Å². The maximum atomic E-state index is 12.4. The molecule has 9 nitrogen and oxygen atoms in total.